The number of urea groups is 1. The summed E-state index contributed by atoms with van der Waals surface area (Å²) in [5, 5.41) is 3.01. The van der Waals surface area contributed by atoms with Gasteiger partial charge in [0.15, 0.2) is 0 Å². The van der Waals surface area contributed by atoms with E-state index < -0.39 is 0 Å². The minimum atomic E-state index is -0.0387. The average molecular weight is 345 g/mol. The van der Waals surface area contributed by atoms with Gasteiger partial charge in [-0.15, -0.1) is 0 Å². The van der Waals surface area contributed by atoms with E-state index in [1.165, 1.54) is 5.56 Å². The molecule has 1 atom stereocenters. The van der Waals surface area contributed by atoms with Gasteiger partial charge in [0, 0.05) is 22.7 Å². The molecule has 0 fully saturated rings. The van der Waals surface area contributed by atoms with Crippen molar-refractivity contribution >= 4 is 27.6 Å². The summed E-state index contributed by atoms with van der Waals surface area (Å²) in [6.07, 6.45) is 0.915. The topological polar surface area (TPSA) is 32.3 Å². The molecule has 1 unspecified atom stereocenters. The summed E-state index contributed by atoms with van der Waals surface area (Å²) in [6, 6.07) is 16.2. The zero-order valence-electron chi connectivity index (χ0n) is 11.8. The van der Waals surface area contributed by atoms with Crippen LogP contribution >= 0.6 is 15.9 Å². The van der Waals surface area contributed by atoms with Crippen LogP contribution in [0.15, 0.2) is 53.0 Å². The molecule has 3 nitrogen and oxygen atoms in total. The van der Waals surface area contributed by atoms with Crippen molar-refractivity contribution in [3.63, 3.8) is 0 Å². The summed E-state index contributed by atoms with van der Waals surface area (Å²) >= 11 is 3.50. The molecule has 0 spiro atoms. The van der Waals surface area contributed by atoms with E-state index in [1.807, 2.05) is 47.4 Å². The largest absolute Gasteiger partial charge is 0.334 e. The van der Waals surface area contributed by atoms with Crippen LogP contribution in [0.2, 0.25) is 0 Å². The number of hydrogen-bond acceptors (Lipinski definition) is 1. The van der Waals surface area contributed by atoms with Crippen LogP contribution in [0.1, 0.15) is 18.1 Å². The van der Waals surface area contributed by atoms with Crippen molar-refractivity contribution in [2.24, 2.45) is 0 Å². The number of hydrogen-bond donors (Lipinski definition) is 1. The lowest BCUT2D eigenvalue weighted by Crippen LogP contribution is -2.43. The molecule has 1 aliphatic heterocycles. The molecule has 0 aliphatic carbocycles. The molecule has 108 valence electrons. The molecule has 1 aliphatic rings. The minimum Gasteiger partial charge on any atom is -0.334 e. The molecule has 21 heavy (non-hydrogen) atoms. The van der Waals surface area contributed by atoms with E-state index in [0.29, 0.717) is 6.54 Å². The Morgan fingerprint density at radius 3 is 2.76 bits per heavy atom. The van der Waals surface area contributed by atoms with Crippen molar-refractivity contribution in [1.29, 1.82) is 0 Å². The summed E-state index contributed by atoms with van der Waals surface area (Å²) < 4.78 is 1.01. The lowest BCUT2D eigenvalue weighted by atomic mass is 10.1. The maximum atomic E-state index is 12.5. The van der Waals surface area contributed by atoms with Crippen molar-refractivity contribution in [1.82, 2.24) is 5.32 Å². The Labute approximate surface area is 133 Å². The molecule has 4 heteroatoms. The first-order chi connectivity index (χ1) is 10.2. The molecular weight excluding hydrogens is 328 g/mol. The van der Waals surface area contributed by atoms with Crippen LogP contribution in [0.3, 0.4) is 0 Å². The summed E-state index contributed by atoms with van der Waals surface area (Å²) in [5.74, 6) is 0. The fraction of sp³-hybridized carbons (Fsp3) is 0.235. The predicted molar refractivity (Wildman–Crippen MR) is 88.5 cm³/mol. The van der Waals surface area contributed by atoms with Gasteiger partial charge in [0.05, 0.1) is 0 Å². The number of amides is 2. The van der Waals surface area contributed by atoms with Crippen molar-refractivity contribution in [2.75, 3.05) is 4.90 Å². The number of carbonyl (C=O) groups excluding carboxylic acids is 1. The van der Waals surface area contributed by atoms with Crippen molar-refractivity contribution in [3.05, 3.63) is 64.1 Å². The quantitative estimate of drug-likeness (QED) is 0.873. The highest BCUT2D eigenvalue weighted by Gasteiger charge is 2.30. The van der Waals surface area contributed by atoms with E-state index in [9.17, 15) is 4.79 Å². The second-order valence-electron chi connectivity index (χ2n) is 5.30. The molecule has 0 bridgehead atoms. The molecule has 2 aromatic rings. The van der Waals surface area contributed by atoms with E-state index in [-0.39, 0.29) is 12.1 Å². The summed E-state index contributed by atoms with van der Waals surface area (Å²) in [6.45, 7) is 2.60. The molecule has 0 saturated heterocycles. The standard InChI is InChI=1S/C17H17BrN2O/c1-12-10-13-6-3-5-9-16(13)20(12)17(21)19-11-14-7-2-4-8-15(14)18/h2-9,12H,10-11H2,1H3,(H,19,21). The monoisotopic (exact) mass is 344 g/mol. The lowest BCUT2D eigenvalue weighted by Gasteiger charge is -2.23. The van der Waals surface area contributed by atoms with Gasteiger partial charge < -0.3 is 5.32 Å². The van der Waals surface area contributed by atoms with Gasteiger partial charge >= 0.3 is 6.03 Å². The highest BCUT2D eigenvalue weighted by Crippen LogP contribution is 2.31. The summed E-state index contributed by atoms with van der Waals surface area (Å²) in [4.78, 5) is 14.4. The Morgan fingerprint density at radius 2 is 1.95 bits per heavy atom. The Bertz CT molecular complexity index is 671. The van der Waals surface area contributed by atoms with Gasteiger partial charge in [0.1, 0.15) is 0 Å². The van der Waals surface area contributed by atoms with Crippen molar-refractivity contribution in [2.45, 2.75) is 25.9 Å². The third-order valence-electron chi connectivity index (χ3n) is 3.81. The Hall–Kier alpha value is -1.81. The molecule has 2 aromatic carbocycles. The number of benzene rings is 2. The number of fused-ring (bicyclic) bond motifs is 1. The number of anilines is 1. The van der Waals surface area contributed by atoms with Crippen molar-refractivity contribution in [3.8, 4) is 0 Å². The van der Waals surface area contributed by atoms with E-state index in [2.05, 4.69) is 34.2 Å². The molecule has 1 heterocycles. The van der Waals surface area contributed by atoms with Gasteiger partial charge in [-0.1, -0.05) is 52.3 Å². The minimum absolute atomic E-state index is 0.0387. The van der Waals surface area contributed by atoms with Crippen LogP contribution < -0.4 is 10.2 Å². The SMILES string of the molecule is CC1Cc2ccccc2N1C(=O)NCc1ccccc1Br. The first kappa shape index (κ1) is 14.1. The second kappa shape index (κ2) is 5.90. The highest BCUT2D eigenvalue weighted by molar-refractivity contribution is 9.10. The van der Waals surface area contributed by atoms with Gasteiger partial charge in [-0.25, -0.2) is 4.79 Å². The second-order valence-corrected chi connectivity index (χ2v) is 6.16. The number of nitrogens with zero attached hydrogens (tertiary/aromatic N) is 1. The molecule has 0 aromatic heterocycles. The fourth-order valence-electron chi connectivity index (χ4n) is 2.77. The van der Waals surface area contributed by atoms with Crippen LogP contribution in [-0.2, 0) is 13.0 Å². The maximum Gasteiger partial charge on any atom is 0.322 e. The van der Waals surface area contributed by atoms with E-state index >= 15 is 0 Å². The average Bonchev–Trinajstić information content (AvgIpc) is 2.82. The molecule has 0 radical (unpaired) electrons. The first-order valence-electron chi connectivity index (χ1n) is 7.05. The van der Waals surface area contributed by atoms with Crippen LogP contribution in [0.25, 0.3) is 0 Å². The molecular formula is C17H17BrN2O. The van der Waals surface area contributed by atoms with Gasteiger partial charge in [0.2, 0.25) is 0 Å². The maximum absolute atomic E-state index is 12.5. The van der Waals surface area contributed by atoms with Crippen LogP contribution in [-0.4, -0.2) is 12.1 Å². The van der Waals surface area contributed by atoms with Gasteiger partial charge in [0.25, 0.3) is 0 Å². The molecule has 2 amide bonds. The van der Waals surface area contributed by atoms with Gasteiger partial charge in [-0.05, 0) is 36.6 Å². The summed E-state index contributed by atoms with van der Waals surface area (Å²) in [7, 11) is 0. The number of carbonyl (C=O) groups is 1. The van der Waals surface area contributed by atoms with E-state index in [1.54, 1.807) is 0 Å². The zero-order chi connectivity index (χ0) is 14.8. The fourth-order valence-corrected chi connectivity index (χ4v) is 3.20. The molecule has 1 N–H and O–H groups in total. The zero-order valence-corrected chi connectivity index (χ0v) is 13.4. The van der Waals surface area contributed by atoms with Crippen molar-refractivity contribution < 1.29 is 4.79 Å². The molecule has 3 rings (SSSR count). The van der Waals surface area contributed by atoms with Gasteiger partial charge in [-0.3, -0.25) is 4.90 Å². The third kappa shape index (κ3) is 2.81. The Balaban J connectivity index is 1.73. The lowest BCUT2D eigenvalue weighted by molar-refractivity contribution is 0.244. The van der Waals surface area contributed by atoms with Gasteiger partial charge in [-0.2, -0.15) is 0 Å². The number of rotatable bonds is 2. The Morgan fingerprint density at radius 1 is 1.24 bits per heavy atom. The highest BCUT2D eigenvalue weighted by atomic mass is 79.9. The first-order valence-corrected chi connectivity index (χ1v) is 7.84. The van der Waals surface area contributed by atoms with Crippen LogP contribution in [0.5, 0.6) is 0 Å². The normalized spacial score (nSPS) is 16.7. The number of para-hydroxylation sites is 1. The van der Waals surface area contributed by atoms with Crippen LogP contribution in [0.4, 0.5) is 10.5 Å². The summed E-state index contributed by atoms with van der Waals surface area (Å²) in [5.41, 5.74) is 3.33. The Kier molecular flexibility index (Phi) is 3.97. The van der Waals surface area contributed by atoms with Crippen LogP contribution in [0, 0.1) is 0 Å². The number of nitrogens with one attached hydrogen (secondary N) is 1. The van der Waals surface area contributed by atoms with E-state index in [0.717, 1.165) is 22.1 Å². The smallest absolute Gasteiger partial charge is 0.322 e. The number of halogens is 1. The predicted octanol–water partition coefficient (Wildman–Crippen LogP) is 4.11. The third-order valence-corrected chi connectivity index (χ3v) is 4.59. The molecule has 0 saturated carbocycles. The van der Waals surface area contributed by atoms with E-state index in [4.69, 9.17) is 0 Å².